The lowest BCUT2D eigenvalue weighted by atomic mass is 9.69. The van der Waals surface area contributed by atoms with Gasteiger partial charge in [-0.3, -0.25) is 19.5 Å². The van der Waals surface area contributed by atoms with Crippen LogP contribution in [-0.4, -0.2) is 26.8 Å². The Hall–Kier alpha value is -4.41. The molecule has 2 amide bonds. The normalized spacial score (nSPS) is 20.2. The largest absolute Gasteiger partial charge is 0.434 e. The van der Waals surface area contributed by atoms with Crippen LogP contribution in [0.15, 0.2) is 79.0 Å². The molecule has 1 aliphatic carbocycles. The highest BCUT2D eigenvalue weighted by molar-refractivity contribution is 6.05. The molecule has 2 aliphatic rings. The highest BCUT2D eigenvalue weighted by Crippen LogP contribution is 2.53. The SMILES string of the molecule is CC1(C)C(=O)N(c2ccncn2)C2=CC=CC(c3cnc(C(F)(F)F)c(C(=O)Nc4ccc(F)cc4)c3)C21. The molecule has 1 saturated heterocycles. The van der Waals surface area contributed by atoms with Crippen molar-refractivity contribution in [2.45, 2.75) is 25.9 Å². The molecule has 7 nitrogen and oxygen atoms in total. The summed E-state index contributed by atoms with van der Waals surface area (Å²) in [5.41, 5.74) is -1.89. The fourth-order valence-electron chi connectivity index (χ4n) is 4.99. The van der Waals surface area contributed by atoms with Crippen molar-refractivity contribution >= 4 is 23.3 Å². The second kappa shape index (κ2) is 9.16. The minimum Gasteiger partial charge on any atom is -0.322 e. The third-order valence-corrected chi connectivity index (χ3v) is 6.76. The Morgan fingerprint density at radius 3 is 2.50 bits per heavy atom. The topological polar surface area (TPSA) is 88.1 Å². The first kappa shape index (κ1) is 25.2. The van der Waals surface area contributed by atoms with Crippen LogP contribution in [0.5, 0.6) is 0 Å². The number of rotatable bonds is 4. The molecular formula is C27H21F4N5O2. The molecule has 2 aromatic heterocycles. The fourth-order valence-corrected chi connectivity index (χ4v) is 4.99. The summed E-state index contributed by atoms with van der Waals surface area (Å²) in [5.74, 6) is -2.48. The van der Waals surface area contributed by atoms with Crippen LogP contribution >= 0.6 is 0 Å². The summed E-state index contributed by atoms with van der Waals surface area (Å²) in [4.78, 5) is 39.7. The molecule has 1 aliphatic heterocycles. The molecule has 1 fully saturated rings. The van der Waals surface area contributed by atoms with Crippen molar-refractivity contribution in [3.8, 4) is 0 Å². The summed E-state index contributed by atoms with van der Waals surface area (Å²) in [6, 6.07) is 7.40. The summed E-state index contributed by atoms with van der Waals surface area (Å²) in [6.45, 7) is 3.53. The molecule has 194 valence electrons. The zero-order chi connectivity index (χ0) is 27.2. The lowest BCUT2D eigenvalue weighted by molar-refractivity contribution is -0.141. The first-order valence-corrected chi connectivity index (χ1v) is 11.6. The number of allylic oxidation sites excluding steroid dienone is 4. The number of carbonyl (C=O) groups excluding carboxylic acids is 2. The lowest BCUT2D eigenvalue weighted by Gasteiger charge is -2.32. The summed E-state index contributed by atoms with van der Waals surface area (Å²) in [6.07, 6.45) is 4.30. The van der Waals surface area contributed by atoms with E-state index in [-0.39, 0.29) is 11.6 Å². The molecular weight excluding hydrogens is 502 g/mol. The van der Waals surface area contributed by atoms with Gasteiger partial charge in [0.25, 0.3) is 5.91 Å². The fraction of sp³-hybridized carbons (Fsp3) is 0.222. The monoisotopic (exact) mass is 523 g/mol. The maximum absolute atomic E-state index is 13.8. The van der Waals surface area contributed by atoms with E-state index in [0.717, 1.165) is 24.4 Å². The predicted molar refractivity (Wildman–Crippen MR) is 130 cm³/mol. The van der Waals surface area contributed by atoms with Crippen LogP contribution in [0.4, 0.5) is 29.1 Å². The first-order valence-electron chi connectivity index (χ1n) is 11.6. The number of pyridine rings is 1. The quantitative estimate of drug-likeness (QED) is 0.456. The van der Waals surface area contributed by atoms with E-state index in [1.165, 1.54) is 29.6 Å². The van der Waals surface area contributed by atoms with Gasteiger partial charge in [0.1, 0.15) is 18.0 Å². The average Bonchev–Trinajstić information content (AvgIpc) is 3.10. The van der Waals surface area contributed by atoms with Crippen molar-refractivity contribution < 1.29 is 27.2 Å². The molecule has 0 radical (unpaired) electrons. The van der Waals surface area contributed by atoms with E-state index in [1.807, 2.05) is 0 Å². The minimum atomic E-state index is -4.89. The number of fused-ring (bicyclic) bond motifs is 1. The number of aromatic nitrogens is 3. The molecule has 2 atom stereocenters. The van der Waals surface area contributed by atoms with Crippen LogP contribution in [0.25, 0.3) is 0 Å². The van der Waals surface area contributed by atoms with Gasteiger partial charge < -0.3 is 5.32 Å². The number of hydrogen-bond donors (Lipinski definition) is 1. The van der Waals surface area contributed by atoms with Gasteiger partial charge in [-0.2, -0.15) is 13.2 Å². The van der Waals surface area contributed by atoms with Gasteiger partial charge in [-0.15, -0.1) is 0 Å². The van der Waals surface area contributed by atoms with Crippen molar-refractivity contribution in [2.75, 3.05) is 10.2 Å². The Morgan fingerprint density at radius 1 is 1.11 bits per heavy atom. The van der Waals surface area contributed by atoms with Crippen molar-refractivity contribution in [1.29, 1.82) is 0 Å². The van der Waals surface area contributed by atoms with E-state index in [1.54, 1.807) is 38.1 Å². The molecule has 3 heterocycles. The first-order chi connectivity index (χ1) is 18.0. The van der Waals surface area contributed by atoms with Crippen LogP contribution in [0.2, 0.25) is 0 Å². The van der Waals surface area contributed by atoms with E-state index >= 15 is 0 Å². The average molecular weight is 523 g/mol. The molecule has 38 heavy (non-hydrogen) atoms. The van der Waals surface area contributed by atoms with E-state index in [9.17, 15) is 27.2 Å². The number of nitrogens with one attached hydrogen (secondary N) is 1. The van der Waals surface area contributed by atoms with Gasteiger partial charge >= 0.3 is 6.18 Å². The third kappa shape index (κ3) is 4.33. The van der Waals surface area contributed by atoms with Gasteiger partial charge in [-0.25, -0.2) is 14.4 Å². The third-order valence-electron chi connectivity index (χ3n) is 6.76. The van der Waals surface area contributed by atoms with E-state index in [2.05, 4.69) is 20.3 Å². The molecule has 5 rings (SSSR count). The van der Waals surface area contributed by atoms with Crippen molar-refractivity contribution in [1.82, 2.24) is 15.0 Å². The number of anilines is 2. The van der Waals surface area contributed by atoms with E-state index in [4.69, 9.17) is 0 Å². The maximum Gasteiger partial charge on any atom is 0.434 e. The lowest BCUT2D eigenvalue weighted by Crippen LogP contribution is -2.33. The predicted octanol–water partition coefficient (Wildman–Crippen LogP) is 5.51. The van der Waals surface area contributed by atoms with Crippen molar-refractivity contribution in [2.24, 2.45) is 11.3 Å². The highest BCUT2D eigenvalue weighted by Gasteiger charge is 2.55. The Kier molecular flexibility index (Phi) is 6.09. The Bertz CT molecular complexity index is 1470. The molecule has 2 unspecified atom stereocenters. The molecule has 0 bridgehead atoms. The summed E-state index contributed by atoms with van der Waals surface area (Å²) < 4.78 is 54.7. The summed E-state index contributed by atoms with van der Waals surface area (Å²) in [7, 11) is 0. The molecule has 0 saturated carbocycles. The second-order valence-corrected chi connectivity index (χ2v) is 9.53. The number of benzene rings is 1. The van der Waals surface area contributed by atoms with Gasteiger partial charge in [0.05, 0.1) is 11.0 Å². The van der Waals surface area contributed by atoms with Gasteiger partial charge in [0, 0.05) is 35.6 Å². The van der Waals surface area contributed by atoms with Gasteiger partial charge in [-0.1, -0.05) is 26.0 Å². The number of alkyl halides is 3. The van der Waals surface area contributed by atoms with Crippen LogP contribution < -0.4 is 10.2 Å². The van der Waals surface area contributed by atoms with Crippen LogP contribution in [0, 0.1) is 17.2 Å². The number of carbonyl (C=O) groups is 2. The molecule has 0 spiro atoms. The number of nitrogens with zero attached hydrogens (tertiary/aromatic N) is 4. The molecule has 11 heteroatoms. The molecule has 1 N–H and O–H groups in total. The summed E-state index contributed by atoms with van der Waals surface area (Å²) in [5, 5.41) is 2.37. The maximum atomic E-state index is 13.8. The minimum absolute atomic E-state index is 0.126. The zero-order valence-corrected chi connectivity index (χ0v) is 20.2. The van der Waals surface area contributed by atoms with Crippen molar-refractivity contribution in [3.05, 3.63) is 102 Å². The number of amides is 2. The van der Waals surface area contributed by atoms with E-state index < -0.39 is 46.4 Å². The standard InChI is InChI=1S/C27H21F4N5O2/c1-26(2)22-18(4-3-5-20(22)36(25(26)38)21-10-11-32-14-34-21)15-12-19(23(33-13-15)27(29,30)31)24(37)35-17-8-6-16(28)7-9-17/h3-14,18,22H,1-2H3,(H,35,37). The highest BCUT2D eigenvalue weighted by atomic mass is 19.4. The van der Waals surface area contributed by atoms with Crippen LogP contribution in [0.1, 0.15) is 41.4 Å². The summed E-state index contributed by atoms with van der Waals surface area (Å²) >= 11 is 0. The van der Waals surface area contributed by atoms with Crippen LogP contribution in [-0.2, 0) is 11.0 Å². The van der Waals surface area contributed by atoms with E-state index in [0.29, 0.717) is 17.1 Å². The van der Waals surface area contributed by atoms with Crippen LogP contribution in [0.3, 0.4) is 0 Å². The Labute approximate surface area is 214 Å². The molecule has 1 aromatic carbocycles. The molecule has 3 aromatic rings. The zero-order valence-electron chi connectivity index (χ0n) is 20.2. The van der Waals surface area contributed by atoms with Gasteiger partial charge in [0.15, 0.2) is 5.69 Å². The Balaban J connectivity index is 1.55. The number of halogens is 4. The second-order valence-electron chi connectivity index (χ2n) is 9.53. The van der Waals surface area contributed by atoms with Gasteiger partial charge in [-0.05, 0) is 48.0 Å². The smallest absolute Gasteiger partial charge is 0.322 e. The van der Waals surface area contributed by atoms with Gasteiger partial charge in [0.2, 0.25) is 5.91 Å². The Morgan fingerprint density at radius 2 is 1.84 bits per heavy atom. The number of hydrogen-bond acceptors (Lipinski definition) is 5. The van der Waals surface area contributed by atoms with Crippen molar-refractivity contribution in [3.63, 3.8) is 0 Å².